The average Bonchev–Trinajstić information content (AvgIpc) is 3.60. The van der Waals surface area contributed by atoms with Gasteiger partial charge in [-0.1, -0.05) is 24.3 Å². The number of ketones is 1. The van der Waals surface area contributed by atoms with Gasteiger partial charge in [-0.2, -0.15) is 0 Å². The molecule has 5 nitrogen and oxygen atoms in total. The third-order valence-corrected chi connectivity index (χ3v) is 5.01. The molecule has 2 amide bonds. The zero-order chi connectivity index (χ0) is 19.7. The minimum absolute atomic E-state index is 0.00296. The first kappa shape index (κ1) is 18.3. The van der Waals surface area contributed by atoms with Gasteiger partial charge in [-0.05, 0) is 49.4 Å². The largest absolute Gasteiger partial charge is 0.352 e. The standard InChI is InChI=1S/C22H21FN2O3/c23-19-11-16(21(27)14-3-4-14)7-10-18(19)13-1-5-15(6-2-13)22(28)24-12-20(26)25-17-8-9-17/h1-2,5-7,10-11,14,17H,3-4,8-9,12H2,(H,24,28)(H,25,26). The predicted octanol–water partition coefficient (Wildman–Crippen LogP) is 3.09. The fourth-order valence-corrected chi connectivity index (χ4v) is 3.05. The third-order valence-electron chi connectivity index (χ3n) is 5.01. The number of nitrogens with one attached hydrogen (secondary N) is 2. The lowest BCUT2D eigenvalue weighted by Crippen LogP contribution is -2.37. The summed E-state index contributed by atoms with van der Waals surface area (Å²) in [6.07, 6.45) is 3.75. The summed E-state index contributed by atoms with van der Waals surface area (Å²) < 4.78 is 14.5. The molecule has 0 heterocycles. The van der Waals surface area contributed by atoms with Crippen LogP contribution in [0.25, 0.3) is 11.1 Å². The molecule has 2 aliphatic rings. The van der Waals surface area contributed by atoms with Gasteiger partial charge in [-0.25, -0.2) is 4.39 Å². The number of carbonyl (C=O) groups excluding carboxylic acids is 3. The summed E-state index contributed by atoms with van der Waals surface area (Å²) in [5, 5.41) is 5.38. The van der Waals surface area contributed by atoms with Crippen molar-refractivity contribution in [3.63, 3.8) is 0 Å². The number of carbonyl (C=O) groups is 3. The van der Waals surface area contributed by atoms with E-state index in [1.807, 2.05) is 0 Å². The highest BCUT2D eigenvalue weighted by Gasteiger charge is 2.30. The summed E-state index contributed by atoms with van der Waals surface area (Å²) in [6, 6.07) is 11.3. The quantitative estimate of drug-likeness (QED) is 0.725. The first-order valence-electron chi connectivity index (χ1n) is 9.53. The van der Waals surface area contributed by atoms with Crippen molar-refractivity contribution >= 4 is 17.6 Å². The Bertz CT molecular complexity index is 931. The van der Waals surface area contributed by atoms with Gasteiger partial charge in [0, 0.05) is 28.7 Å². The van der Waals surface area contributed by atoms with E-state index in [-0.39, 0.29) is 36.1 Å². The van der Waals surface area contributed by atoms with Crippen LogP contribution in [0.4, 0.5) is 4.39 Å². The van der Waals surface area contributed by atoms with Crippen LogP contribution in [0.2, 0.25) is 0 Å². The molecular formula is C22H21FN2O3. The molecule has 0 bridgehead atoms. The molecule has 0 saturated heterocycles. The fourth-order valence-electron chi connectivity index (χ4n) is 3.05. The zero-order valence-electron chi connectivity index (χ0n) is 15.3. The van der Waals surface area contributed by atoms with Crippen LogP contribution in [-0.4, -0.2) is 30.2 Å². The fraction of sp³-hybridized carbons (Fsp3) is 0.318. The maximum Gasteiger partial charge on any atom is 0.251 e. The molecule has 0 spiro atoms. The van der Waals surface area contributed by atoms with Gasteiger partial charge in [0.1, 0.15) is 5.82 Å². The number of hydrogen-bond acceptors (Lipinski definition) is 3. The number of halogens is 1. The van der Waals surface area contributed by atoms with Crippen molar-refractivity contribution in [2.45, 2.75) is 31.7 Å². The van der Waals surface area contributed by atoms with E-state index in [4.69, 9.17) is 0 Å². The van der Waals surface area contributed by atoms with Crippen molar-refractivity contribution in [1.29, 1.82) is 0 Å². The van der Waals surface area contributed by atoms with Crippen molar-refractivity contribution in [1.82, 2.24) is 10.6 Å². The van der Waals surface area contributed by atoms with E-state index in [2.05, 4.69) is 10.6 Å². The minimum atomic E-state index is -0.458. The normalized spacial score (nSPS) is 15.8. The average molecular weight is 380 g/mol. The summed E-state index contributed by atoms with van der Waals surface area (Å²) in [6.45, 7) is -0.0673. The van der Waals surface area contributed by atoms with Crippen LogP contribution in [0, 0.1) is 11.7 Å². The van der Waals surface area contributed by atoms with Crippen LogP contribution in [0.1, 0.15) is 46.4 Å². The molecule has 0 radical (unpaired) electrons. The van der Waals surface area contributed by atoms with Gasteiger partial charge >= 0.3 is 0 Å². The topological polar surface area (TPSA) is 75.3 Å². The number of hydrogen-bond donors (Lipinski definition) is 2. The molecule has 2 aromatic rings. The molecule has 0 aliphatic heterocycles. The van der Waals surface area contributed by atoms with Crippen molar-refractivity contribution < 1.29 is 18.8 Å². The van der Waals surface area contributed by atoms with Gasteiger partial charge in [0.05, 0.1) is 6.54 Å². The summed E-state index contributed by atoms with van der Waals surface area (Å²) in [5.41, 5.74) is 1.79. The predicted molar refractivity (Wildman–Crippen MR) is 102 cm³/mol. The highest BCUT2D eigenvalue weighted by Crippen LogP contribution is 2.33. The molecule has 2 fully saturated rings. The molecule has 6 heteroatoms. The Morgan fingerprint density at radius 1 is 0.929 bits per heavy atom. The monoisotopic (exact) mass is 380 g/mol. The lowest BCUT2D eigenvalue weighted by Gasteiger charge is -2.08. The molecule has 2 saturated carbocycles. The van der Waals surface area contributed by atoms with E-state index in [0.717, 1.165) is 25.7 Å². The molecule has 0 atom stereocenters. The molecule has 144 valence electrons. The maximum absolute atomic E-state index is 14.5. The number of amides is 2. The molecular weight excluding hydrogens is 359 g/mol. The first-order chi connectivity index (χ1) is 13.5. The molecule has 0 unspecified atom stereocenters. The molecule has 2 aromatic carbocycles. The van der Waals surface area contributed by atoms with E-state index in [0.29, 0.717) is 22.3 Å². The molecule has 28 heavy (non-hydrogen) atoms. The minimum Gasteiger partial charge on any atom is -0.352 e. The van der Waals surface area contributed by atoms with Crippen molar-refractivity contribution in [3.8, 4) is 11.1 Å². The molecule has 4 rings (SSSR count). The Morgan fingerprint density at radius 3 is 2.21 bits per heavy atom. The second-order valence-corrected chi connectivity index (χ2v) is 7.43. The van der Waals surface area contributed by atoms with Crippen LogP contribution in [0.5, 0.6) is 0 Å². The van der Waals surface area contributed by atoms with Crippen LogP contribution < -0.4 is 10.6 Å². The van der Waals surface area contributed by atoms with Gasteiger partial charge in [0.25, 0.3) is 5.91 Å². The van der Waals surface area contributed by atoms with Gasteiger partial charge in [0.2, 0.25) is 5.91 Å². The smallest absolute Gasteiger partial charge is 0.251 e. The summed E-state index contributed by atoms with van der Waals surface area (Å²) in [4.78, 5) is 35.8. The lowest BCUT2D eigenvalue weighted by molar-refractivity contribution is -0.120. The molecule has 2 N–H and O–H groups in total. The Labute approximate surface area is 162 Å². The lowest BCUT2D eigenvalue weighted by atomic mass is 9.99. The van der Waals surface area contributed by atoms with Crippen LogP contribution in [0.3, 0.4) is 0 Å². The highest BCUT2D eigenvalue weighted by molar-refractivity contribution is 6.00. The number of benzene rings is 2. The Morgan fingerprint density at radius 2 is 1.61 bits per heavy atom. The van der Waals surface area contributed by atoms with Gasteiger partial charge in [-0.3, -0.25) is 14.4 Å². The van der Waals surface area contributed by atoms with Crippen LogP contribution >= 0.6 is 0 Å². The number of Topliss-reactive ketones (excluding diaryl/α,β-unsaturated/α-hetero) is 1. The second kappa shape index (κ2) is 7.54. The summed E-state index contributed by atoms with van der Waals surface area (Å²) in [5.74, 6) is -0.961. The Hall–Kier alpha value is -3.02. The Balaban J connectivity index is 1.40. The molecule has 2 aliphatic carbocycles. The van der Waals surface area contributed by atoms with E-state index in [1.165, 1.54) is 6.07 Å². The van der Waals surface area contributed by atoms with Crippen LogP contribution in [0.15, 0.2) is 42.5 Å². The highest BCUT2D eigenvalue weighted by atomic mass is 19.1. The zero-order valence-corrected chi connectivity index (χ0v) is 15.3. The van der Waals surface area contributed by atoms with Crippen LogP contribution in [-0.2, 0) is 4.79 Å². The molecule has 0 aromatic heterocycles. The van der Waals surface area contributed by atoms with Gasteiger partial charge in [-0.15, -0.1) is 0 Å². The van der Waals surface area contributed by atoms with Gasteiger partial charge in [0.15, 0.2) is 5.78 Å². The Kier molecular flexibility index (Phi) is 4.94. The van der Waals surface area contributed by atoms with E-state index >= 15 is 0 Å². The van der Waals surface area contributed by atoms with E-state index in [1.54, 1.807) is 36.4 Å². The van der Waals surface area contributed by atoms with Crippen molar-refractivity contribution in [3.05, 3.63) is 59.4 Å². The SMILES string of the molecule is O=C(CNC(=O)c1ccc(-c2ccc(C(=O)C3CC3)cc2F)cc1)NC1CC1. The first-order valence-corrected chi connectivity index (χ1v) is 9.53. The van der Waals surface area contributed by atoms with E-state index < -0.39 is 5.82 Å². The summed E-state index contributed by atoms with van der Waals surface area (Å²) in [7, 11) is 0. The van der Waals surface area contributed by atoms with Crippen molar-refractivity contribution in [2.75, 3.05) is 6.54 Å². The summed E-state index contributed by atoms with van der Waals surface area (Å²) >= 11 is 0. The van der Waals surface area contributed by atoms with Crippen molar-refractivity contribution in [2.24, 2.45) is 5.92 Å². The maximum atomic E-state index is 14.5. The van der Waals surface area contributed by atoms with Gasteiger partial charge < -0.3 is 10.6 Å². The number of rotatable bonds is 7. The second-order valence-electron chi connectivity index (χ2n) is 7.43. The van der Waals surface area contributed by atoms with E-state index in [9.17, 15) is 18.8 Å². The third kappa shape index (κ3) is 4.27.